The molecule has 0 fully saturated rings. The normalized spacial score (nSPS) is 10.8. The predicted octanol–water partition coefficient (Wildman–Crippen LogP) is 0.922. The molecular formula is C11H15N5O3. The second-order valence-corrected chi connectivity index (χ2v) is 4.04. The van der Waals surface area contributed by atoms with E-state index in [1.807, 2.05) is 13.8 Å². The number of aromatic carboxylic acids is 1. The maximum Gasteiger partial charge on any atom is 0.358 e. The van der Waals surface area contributed by atoms with Gasteiger partial charge in [-0.3, -0.25) is 0 Å². The molecular weight excluding hydrogens is 250 g/mol. The standard InChI is InChI=1S/C11H15N5O3/c1-3-5-7-10(11(17)18)14-15-16(7)6-9-13-12-8(4-2)19-9/h3-6H2,1-2H3,(H,17,18). The van der Waals surface area contributed by atoms with Crippen molar-refractivity contribution >= 4 is 5.97 Å². The van der Waals surface area contributed by atoms with Gasteiger partial charge in [0.25, 0.3) is 0 Å². The topological polar surface area (TPSA) is 107 Å². The smallest absolute Gasteiger partial charge is 0.358 e. The van der Waals surface area contributed by atoms with Crippen LogP contribution < -0.4 is 0 Å². The van der Waals surface area contributed by atoms with Crippen LogP contribution >= 0.6 is 0 Å². The van der Waals surface area contributed by atoms with Crippen LogP contribution in [-0.4, -0.2) is 36.3 Å². The first-order valence-electron chi connectivity index (χ1n) is 6.12. The van der Waals surface area contributed by atoms with Crippen molar-refractivity contribution in [3.63, 3.8) is 0 Å². The van der Waals surface area contributed by atoms with Gasteiger partial charge in [-0.25, -0.2) is 9.48 Å². The fraction of sp³-hybridized carbons (Fsp3) is 0.545. The molecule has 8 nitrogen and oxygen atoms in total. The Balaban J connectivity index is 2.26. The van der Waals surface area contributed by atoms with E-state index in [9.17, 15) is 4.79 Å². The molecule has 0 saturated carbocycles. The number of aromatic nitrogens is 5. The fourth-order valence-electron chi connectivity index (χ4n) is 1.73. The maximum absolute atomic E-state index is 11.0. The molecule has 0 aliphatic carbocycles. The van der Waals surface area contributed by atoms with Crippen LogP contribution in [0.1, 0.15) is 48.2 Å². The molecule has 19 heavy (non-hydrogen) atoms. The van der Waals surface area contributed by atoms with E-state index >= 15 is 0 Å². The van der Waals surface area contributed by atoms with Crippen LogP contribution in [0.4, 0.5) is 0 Å². The van der Waals surface area contributed by atoms with Gasteiger partial charge in [0.1, 0.15) is 6.54 Å². The van der Waals surface area contributed by atoms with Crippen molar-refractivity contribution in [3.05, 3.63) is 23.2 Å². The van der Waals surface area contributed by atoms with Crippen LogP contribution in [0.25, 0.3) is 0 Å². The minimum Gasteiger partial charge on any atom is -0.476 e. The van der Waals surface area contributed by atoms with Gasteiger partial charge >= 0.3 is 5.97 Å². The largest absolute Gasteiger partial charge is 0.476 e. The van der Waals surface area contributed by atoms with E-state index in [-0.39, 0.29) is 12.2 Å². The summed E-state index contributed by atoms with van der Waals surface area (Å²) in [6.07, 6.45) is 2.05. The lowest BCUT2D eigenvalue weighted by atomic mass is 10.2. The van der Waals surface area contributed by atoms with Gasteiger partial charge in [-0.15, -0.1) is 15.3 Å². The Bertz CT molecular complexity index is 575. The van der Waals surface area contributed by atoms with Crippen LogP contribution in [0.2, 0.25) is 0 Å². The minimum atomic E-state index is -1.07. The molecule has 0 radical (unpaired) electrons. The molecule has 2 aromatic heterocycles. The number of nitrogens with zero attached hydrogens (tertiary/aromatic N) is 5. The third-order valence-electron chi connectivity index (χ3n) is 2.62. The molecule has 0 bridgehead atoms. The predicted molar refractivity (Wildman–Crippen MR) is 63.8 cm³/mol. The summed E-state index contributed by atoms with van der Waals surface area (Å²) in [7, 11) is 0. The molecule has 0 aromatic carbocycles. The second-order valence-electron chi connectivity index (χ2n) is 4.04. The zero-order chi connectivity index (χ0) is 13.8. The van der Waals surface area contributed by atoms with E-state index in [4.69, 9.17) is 9.52 Å². The molecule has 0 amide bonds. The average molecular weight is 265 g/mol. The van der Waals surface area contributed by atoms with Gasteiger partial charge in [0, 0.05) is 6.42 Å². The summed E-state index contributed by atoms with van der Waals surface area (Å²) in [4.78, 5) is 11.0. The Morgan fingerprint density at radius 2 is 2.00 bits per heavy atom. The molecule has 2 heterocycles. The van der Waals surface area contributed by atoms with Gasteiger partial charge in [-0.2, -0.15) is 0 Å². The Labute approximate surface area is 109 Å². The second kappa shape index (κ2) is 5.59. The number of carboxylic acid groups (broad SMARTS) is 1. The summed E-state index contributed by atoms with van der Waals surface area (Å²) in [6.45, 7) is 4.12. The molecule has 0 aliphatic heterocycles. The van der Waals surface area contributed by atoms with Crippen LogP contribution in [0.5, 0.6) is 0 Å². The number of carbonyl (C=O) groups is 1. The zero-order valence-corrected chi connectivity index (χ0v) is 10.8. The molecule has 0 saturated heterocycles. The van der Waals surface area contributed by atoms with E-state index in [0.717, 1.165) is 6.42 Å². The third kappa shape index (κ3) is 2.78. The van der Waals surface area contributed by atoms with Gasteiger partial charge in [0.2, 0.25) is 11.8 Å². The number of hydrogen-bond acceptors (Lipinski definition) is 6. The summed E-state index contributed by atoms with van der Waals surface area (Å²) in [5.74, 6) is -0.129. The molecule has 2 rings (SSSR count). The van der Waals surface area contributed by atoms with Crippen LogP contribution in [0.3, 0.4) is 0 Å². The molecule has 0 aliphatic rings. The van der Waals surface area contributed by atoms with Gasteiger partial charge in [0.15, 0.2) is 5.69 Å². The average Bonchev–Trinajstić information content (AvgIpc) is 2.98. The van der Waals surface area contributed by atoms with Crippen molar-refractivity contribution in [1.29, 1.82) is 0 Å². The van der Waals surface area contributed by atoms with Crippen molar-refractivity contribution < 1.29 is 14.3 Å². The number of hydrogen-bond donors (Lipinski definition) is 1. The monoisotopic (exact) mass is 265 g/mol. The Morgan fingerprint density at radius 3 is 2.58 bits per heavy atom. The molecule has 2 aromatic rings. The Kier molecular flexibility index (Phi) is 3.88. The van der Waals surface area contributed by atoms with Crippen LogP contribution in [0, 0.1) is 0 Å². The maximum atomic E-state index is 11.0. The van der Waals surface area contributed by atoms with E-state index in [1.54, 1.807) is 0 Å². The zero-order valence-electron chi connectivity index (χ0n) is 10.8. The van der Waals surface area contributed by atoms with Crippen molar-refractivity contribution in [2.75, 3.05) is 0 Å². The molecule has 102 valence electrons. The van der Waals surface area contributed by atoms with Crippen LogP contribution in [0.15, 0.2) is 4.42 Å². The molecule has 0 spiro atoms. The SMILES string of the molecule is CCCc1c(C(=O)O)nnn1Cc1nnc(CC)o1. The summed E-state index contributed by atoms with van der Waals surface area (Å²) in [5, 5.41) is 24.3. The highest BCUT2D eigenvalue weighted by molar-refractivity contribution is 5.86. The minimum absolute atomic E-state index is 0.0166. The van der Waals surface area contributed by atoms with Crippen molar-refractivity contribution in [2.24, 2.45) is 0 Å². The number of aryl methyl sites for hydroxylation is 1. The lowest BCUT2D eigenvalue weighted by molar-refractivity contribution is 0.0689. The molecule has 1 N–H and O–H groups in total. The molecule has 0 atom stereocenters. The highest BCUT2D eigenvalue weighted by Gasteiger charge is 2.19. The Hall–Kier alpha value is -2.25. The first kappa shape index (κ1) is 13.2. The summed E-state index contributed by atoms with van der Waals surface area (Å²) in [5.41, 5.74) is 0.559. The molecule has 0 unspecified atom stereocenters. The summed E-state index contributed by atoms with van der Waals surface area (Å²) >= 11 is 0. The van der Waals surface area contributed by atoms with E-state index in [0.29, 0.717) is 30.3 Å². The van der Waals surface area contributed by atoms with E-state index < -0.39 is 5.97 Å². The third-order valence-corrected chi connectivity index (χ3v) is 2.62. The lowest BCUT2D eigenvalue weighted by Crippen LogP contribution is -2.09. The highest BCUT2D eigenvalue weighted by atomic mass is 16.4. The number of rotatable bonds is 6. The van der Waals surface area contributed by atoms with Gasteiger partial charge in [-0.1, -0.05) is 25.5 Å². The van der Waals surface area contributed by atoms with Gasteiger partial charge in [0.05, 0.1) is 5.69 Å². The van der Waals surface area contributed by atoms with Crippen molar-refractivity contribution in [2.45, 2.75) is 39.7 Å². The van der Waals surface area contributed by atoms with Crippen LogP contribution in [-0.2, 0) is 19.4 Å². The Morgan fingerprint density at radius 1 is 1.26 bits per heavy atom. The summed E-state index contributed by atoms with van der Waals surface area (Å²) < 4.78 is 6.88. The fourth-order valence-corrected chi connectivity index (χ4v) is 1.73. The molecule has 8 heteroatoms. The first-order valence-corrected chi connectivity index (χ1v) is 6.12. The van der Waals surface area contributed by atoms with E-state index in [1.165, 1.54) is 4.68 Å². The summed E-state index contributed by atoms with van der Waals surface area (Å²) in [6, 6.07) is 0. The first-order chi connectivity index (χ1) is 9.15. The van der Waals surface area contributed by atoms with E-state index in [2.05, 4.69) is 20.5 Å². The van der Waals surface area contributed by atoms with Gasteiger partial charge in [-0.05, 0) is 6.42 Å². The quantitative estimate of drug-likeness (QED) is 0.827. The van der Waals surface area contributed by atoms with Gasteiger partial charge < -0.3 is 9.52 Å². The number of carboxylic acids is 1. The highest BCUT2D eigenvalue weighted by Crippen LogP contribution is 2.11. The van der Waals surface area contributed by atoms with Crippen molar-refractivity contribution in [3.8, 4) is 0 Å². The van der Waals surface area contributed by atoms with Crippen molar-refractivity contribution in [1.82, 2.24) is 25.2 Å². The lowest BCUT2D eigenvalue weighted by Gasteiger charge is -2.02.